The monoisotopic (exact) mass is 379 g/mol. The molecule has 154 valence electrons. The lowest BCUT2D eigenvalue weighted by Crippen LogP contribution is -2.39. The van der Waals surface area contributed by atoms with Crippen molar-refractivity contribution in [3.05, 3.63) is 11.8 Å². The van der Waals surface area contributed by atoms with Crippen molar-refractivity contribution < 1.29 is 14.1 Å². The molecule has 2 amide bonds. The van der Waals surface area contributed by atoms with Gasteiger partial charge in [-0.3, -0.25) is 9.59 Å². The van der Waals surface area contributed by atoms with Crippen LogP contribution >= 0.6 is 0 Å². The molecule has 1 unspecified atom stereocenters. The van der Waals surface area contributed by atoms with Gasteiger partial charge in [0.15, 0.2) is 5.82 Å². The number of anilines is 1. The first-order chi connectivity index (χ1) is 12.6. The molecule has 0 aliphatic heterocycles. The highest BCUT2D eigenvalue weighted by atomic mass is 16.5. The molecule has 1 atom stereocenters. The molecule has 0 fully saturated rings. The van der Waals surface area contributed by atoms with E-state index in [0.717, 1.165) is 32.1 Å². The smallest absolute Gasteiger partial charge is 0.245 e. The van der Waals surface area contributed by atoms with Gasteiger partial charge in [-0.05, 0) is 31.1 Å². The molecule has 0 radical (unpaired) electrons. The number of carbonyl (C=O) groups is 2. The van der Waals surface area contributed by atoms with Crippen molar-refractivity contribution in [2.75, 3.05) is 18.4 Å². The zero-order chi connectivity index (χ0) is 20.4. The van der Waals surface area contributed by atoms with Gasteiger partial charge in [-0.15, -0.1) is 0 Å². The highest BCUT2D eigenvalue weighted by Crippen LogP contribution is 2.26. The number of nitrogens with one attached hydrogen (secondary N) is 1. The van der Waals surface area contributed by atoms with E-state index in [1.165, 1.54) is 0 Å². The second-order valence-corrected chi connectivity index (χ2v) is 8.82. The summed E-state index contributed by atoms with van der Waals surface area (Å²) in [4.78, 5) is 26.9. The quantitative estimate of drug-likeness (QED) is 0.561. The first-order valence-corrected chi connectivity index (χ1v) is 10.1. The zero-order valence-corrected chi connectivity index (χ0v) is 17.9. The molecule has 1 aromatic heterocycles. The van der Waals surface area contributed by atoms with Crippen molar-refractivity contribution in [2.24, 2.45) is 11.3 Å². The lowest BCUT2D eigenvalue weighted by molar-refractivity contribution is -0.135. The maximum atomic E-state index is 12.8. The van der Waals surface area contributed by atoms with Gasteiger partial charge in [-0.2, -0.15) is 0 Å². The van der Waals surface area contributed by atoms with Gasteiger partial charge >= 0.3 is 0 Å². The van der Waals surface area contributed by atoms with Crippen LogP contribution in [0, 0.1) is 18.3 Å². The maximum Gasteiger partial charge on any atom is 0.245 e. The maximum absolute atomic E-state index is 12.8. The lowest BCUT2D eigenvalue weighted by atomic mass is 9.84. The molecule has 27 heavy (non-hydrogen) atoms. The predicted molar refractivity (Wildman–Crippen MR) is 108 cm³/mol. The van der Waals surface area contributed by atoms with E-state index >= 15 is 0 Å². The largest absolute Gasteiger partial charge is 0.360 e. The second kappa shape index (κ2) is 11.1. The number of rotatable bonds is 11. The normalized spacial score (nSPS) is 12.7. The number of amides is 2. The van der Waals surface area contributed by atoms with Crippen molar-refractivity contribution in [3.8, 4) is 0 Å². The van der Waals surface area contributed by atoms with Gasteiger partial charge in [0, 0.05) is 19.0 Å². The summed E-state index contributed by atoms with van der Waals surface area (Å²) in [5, 5.41) is 6.48. The van der Waals surface area contributed by atoms with Crippen molar-refractivity contribution in [1.82, 2.24) is 10.1 Å². The van der Waals surface area contributed by atoms with Gasteiger partial charge in [0.2, 0.25) is 11.8 Å². The standard InChI is InChI=1S/C21H37N3O3/c1-7-8-9-10-11-24(20(26)12-16(2)14-21(4,5)6)15-19(25)22-18-13-17(3)27-23-18/h13,16H,7-12,14-15H2,1-6H3,(H,22,23,25). The molecule has 6 nitrogen and oxygen atoms in total. The minimum absolute atomic E-state index is 0.0507. The third kappa shape index (κ3) is 10.2. The van der Waals surface area contributed by atoms with Crippen LogP contribution in [-0.2, 0) is 9.59 Å². The fraction of sp³-hybridized carbons (Fsp3) is 0.762. The van der Waals surface area contributed by atoms with E-state index < -0.39 is 0 Å². The Morgan fingerprint density at radius 2 is 1.96 bits per heavy atom. The molecule has 1 N–H and O–H groups in total. The van der Waals surface area contributed by atoms with Gasteiger partial charge in [-0.25, -0.2) is 0 Å². The summed E-state index contributed by atoms with van der Waals surface area (Å²) in [6, 6.07) is 1.66. The highest BCUT2D eigenvalue weighted by molar-refractivity contribution is 5.93. The Labute approximate surface area is 164 Å². The van der Waals surface area contributed by atoms with Crippen LogP contribution in [-0.4, -0.2) is 35.0 Å². The molecule has 1 heterocycles. The van der Waals surface area contributed by atoms with Gasteiger partial charge in [0.25, 0.3) is 0 Å². The Balaban J connectivity index is 2.64. The molecule has 1 rings (SSSR count). The fourth-order valence-electron chi connectivity index (χ4n) is 3.35. The number of carbonyl (C=O) groups excluding carboxylic acids is 2. The number of unbranched alkanes of at least 4 members (excludes halogenated alkanes) is 3. The molecule has 6 heteroatoms. The van der Waals surface area contributed by atoms with Crippen molar-refractivity contribution in [3.63, 3.8) is 0 Å². The van der Waals surface area contributed by atoms with Gasteiger partial charge in [-0.1, -0.05) is 59.0 Å². The van der Waals surface area contributed by atoms with Crippen molar-refractivity contribution in [1.29, 1.82) is 0 Å². The topological polar surface area (TPSA) is 75.4 Å². The average Bonchev–Trinajstić information content (AvgIpc) is 2.93. The molecule has 0 saturated heterocycles. The van der Waals surface area contributed by atoms with Crippen LogP contribution in [0.2, 0.25) is 0 Å². The number of aromatic nitrogens is 1. The molecule has 0 saturated carbocycles. The number of nitrogens with zero attached hydrogens (tertiary/aromatic N) is 2. The number of aryl methyl sites for hydroxylation is 1. The van der Waals surface area contributed by atoms with Gasteiger partial charge < -0.3 is 14.7 Å². The third-order valence-corrected chi connectivity index (χ3v) is 4.35. The SMILES string of the molecule is CCCCCCN(CC(=O)Nc1cc(C)on1)C(=O)CC(C)CC(C)(C)C. The van der Waals surface area contributed by atoms with E-state index in [0.29, 0.717) is 24.5 Å². The summed E-state index contributed by atoms with van der Waals surface area (Å²) in [6.45, 7) is 13.3. The van der Waals surface area contributed by atoms with E-state index in [1.807, 2.05) is 0 Å². The van der Waals surface area contributed by atoms with Crippen LogP contribution in [0.4, 0.5) is 5.82 Å². The third-order valence-electron chi connectivity index (χ3n) is 4.35. The van der Waals surface area contributed by atoms with Crippen LogP contribution in [0.3, 0.4) is 0 Å². The molecule has 0 aromatic carbocycles. The molecule has 0 aliphatic rings. The molecule has 0 aliphatic carbocycles. The van der Waals surface area contributed by atoms with Crippen LogP contribution in [0.25, 0.3) is 0 Å². The number of hydrogen-bond acceptors (Lipinski definition) is 4. The Hall–Kier alpha value is -1.85. The predicted octanol–water partition coefficient (Wildman–Crippen LogP) is 4.79. The minimum atomic E-state index is -0.240. The summed E-state index contributed by atoms with van der Waals surface area (Å²) < 4.78 is 4.96. The molecular weight excluding hydrogens is 342 g/mol. The first-order valence-electron chi connectivity index (χ1n) is 10.1. The summed E-state index contributed by atoms with van der Waals surface area (Å²) in [7, 11) is 0. The van der Waals surface area contributed by atoms with Crippen molar-refractivity contribution in [2.45, 2.75) is 80.1 Å². The van der Waals surface area contributed by atoms with Crippen LogP contribution < -0.4 is 5.32 Å². The molecule has 0 spiro atoms. The van der Waals surface area contributed by atoms with E-state index in [-0.39, 0.29) is 29.7 Å². The summed E-state index contributed by atoms with van der Waals surface area (Å²) in [5.41, 5.74) is 0.188. The van der Waals surface area contributed by atoms with E-state index in [2.05, 4.69) is 45.1 Å². The Kier molecular flexibility index (Phi) is 9.53. The average molecular weight is 380 g/mol. The van der Waals surface area contributed by atoms with Crippen LogP contribution in [0.5, 0.6) is 0 Å². The van der Waals surface area contributed by atoms with E-state index in [4.69, 9.17) is 4.52 Å². The molecule has 1 aromatic rings. The summed E-state index contributed by atoms with van der Waals surface area (Å²) >= 11 is 0. The Bertz CT molecular complexity index is 590. The summed E-state index contributed by atoms with van der Waals surface area (Å²) in [5.74, 6) is 1.12. The fourth-order valence-corrected chi connectivity index (χ4v) is 3.35. The van der Waals surface area contributed by atoms with E-state index in [1.54, 1.807) is 17.9 Å². The number of hydrogen-bond donors (Lipinski definition) is 1. The second-order valence-electron chi connectivity index (χ2n) is 8.82. The van der Waals surface area contributed by atoms with Crippen LogP contribution in [0.1, 0.15) is 78.9 Å². The lowest BCUT2D eigenvalue weighted by Gasteiger charge is -2.26. The van der Waals surface area contributed by atoms with Crippen molar-refractivity contribution >= 4 is 17.6 Å². The zero-order valence-electron chi connectivity index (χ0n) is 17.9. The minimum Gasteiger partial charge on any atom is -0.360 e. The van der Waals surface area contributed by atoms with Gasteiger partial charge in [0.1, 0.15) is 5.76 Å². The van der Waals surface area contributed by atoms with Crippen LogP contribution in [0.15, 0.2) is 10.6 Å². The summed E-state index contributed by atoms with van der Waals surface area (Å²) in [6.07, 6.45) is 5.73. The highest BCUT2D eigenvalue weighted by Gasteiger charge is 2.22. The first kappa shape index (κ1) is 23.2. The van der Waals surface area contributed by atoms with Gasteiger partial charge in [0.05, 0.1) is 6.54 Å². The van der Waals surface area contributed by atoms with E-state index in [9.17, 15) is 9.59 Å². The molecular formula is C21H37N3O3. The molecule has 0 bridgehead atoms. The Morgan fingerprint density at radius 1 is 1.26 bits per heavy atom. The Morgan fingerprint density at radius 3 is 2.52 bits per heavy atom.